The van der Waals surface area contributed by atoms with Crippen LogP contribution in [0.2, 0.25) is 0 Å². The van der Waals surface area contributed by atoms with E-state index in [4.69, 9.17) is 0 Å². The Balaban J connectivity index is 2.46. The summed E-state index contributed by atoms with van der Waals surface area (Å²) >= 11 is 0. The van der Waals surface area contributed by atoms with Gasteiger partial charge in [-0.15, -0.1) is 10.2 Å². The van der Waals surface area contributed by atoms with E-state index in [2.05, 4.69) is 22.4 Å². The number of fused-ring (bicyclic) bond motifs is 1. The number of anilines is 1. The molecule has 2 aromatic rings. The number of nitrogens with one attached hydrogen (secondary N) is 1. The van der Waals surface area contributed by atoms with E-state index in [1.807, 2.05) is 22.7 Å². The van der Waals surface area contributed by atoms with Crippen molar-refractivity contribution in [1.82, 2.24) is 14.6 Å². The van der Waals surface area contributed by atoms with Crippen LogP contribution in [-0.4, -0.2) is 21.1 Å². The lowest BCUT2D eigenvalue weighted by Gasteiger charge is -2.01. The molecule has 0 amide bonds. The van der Waals surface area contributed by atoms with Crippen molar-refractivity contribution in [2.75, 3.05) is 11.9 Å². The zero-order chi connectivity index (χ0) is 8.39. The molecule has 0 aliphatic heterocycles. The zero-order valence-electron chi connectivity index (χ0n) is 6.86. The average Bonchev–Trinajstić information content (AvgIpc) is 2.51. The predicted molar refractivity (Wildman–Crippen MR) is 47.2 cm³/mol. The average molecular weight is 162 g/mol. The molecule has 1 N–H and O–H groups in total. The lowest BCUT2D eigenvalue weighted by molar-refractivity contribution is 1.10. The van der Waals surface area contributed by atoms with E-state index in [1.54, 1.807) is 6.33 Å². The number of hydrogen-bond donors (Lipinski definition) is 1. The molecule has 0 aromatic carbocycles. The van der Waals surface area contributed by atoms with Crippen molar-refractivity contribution < 1.29 is 0 Å². The predicted octanol–water partition coefficient (Wildman–Crippen LogP) is 1.16. The summed E-state index contributed by atoms with van der Waals surface area (Å²) in [6, 6.07) is 3.93. The molecule has 0 saturated heterocycles. The van der Waals surface area contributed by atoms with E-state index in [-0.39, 0.29) is 0 Å². The molecule has 0 radical (unpaired) electrons. The highest BCUT2D eigenvalue weighted by Crippen LogP contribution is 2.07. The van der Waals surface area contributed by atoms with Crippen molar-refractivity contribution in [1.29, 1.82) is 0 Å². The van der Waals surface area contributed by atoms with Crippen molar-refractivity contribution in [3.8, 4) is 0 Å². The highest BCUT2D eigenvalue weighted by atomic mass is 15.2. The Morgan fingerprint density at radius 1 is 1.50 bits per heavy atom. The van der Waals surface area contributed by atoms with Gasteiger partial charge in [0.2, 0.25) is 0 Å². The Kier molecular flexibility index (Phi) is 1.66. The fraction of sp³-hybridized carbons (Fsp3) is 0.250. The molecule has 2 heterocycles. The Labute approximate surface area is 70.2 Å². The topological polar surface area (TPSA) is 42.2 Å². The maximum Gasteiger partial charge on any atom is 0.160 e. The van der Waals surface area contributed by atoms with E-state index in [9.17, 15) is 0 Å². The maximum absolute atomic E-state index is 3.91. The summed E-state index contributed by atoms with van der Waals surface area (Å²) in [6.07, 6.45) is 3.66. The Morgan fingerprint density at radius 2 is 2.42 bits per heavy atom. The fourth-order valence-corrected chi connectivity index (χ4v) is 1.14. The molecule has 2 rings (SSSR count). The number of rotatable bonds is 2. The van der Waals surface area contributed by atoms with E-state index in [1.165, 1.54) is 0 Å². The van der Waals surface area contributed by atoms with Crippen molar-refractivity contribution >= 4 is 11.3 Å². The van der Waals surface area contributed by atoms with E-state index < -0.39 is 0 Å². The van der Waals surface area contributed by atoms with Crippen molar-refractivity contribution in [3.05, 3.63) is 24.7 Å². The second kappa shape index (κ2) is 2.81. The van der Waals surface area contributed by atoms with Gasteiger partial charge >= 0.3 is 0 Å². The molecule has 62 valence electrons. The van der Waals surface area contributed by atoms with Crippen LogP contribution in [0, 0.1) is 0 Å². The third-order valence-corrected chi connectivity index (χ3v) is 1.67. The van der Waals surface area contributed by atoms with Gasteiger partial charge in [0.1, 0.15) is 6.33 Å². The SMILES string of the molecule is CCNc1ccc2nncn2c1. The molecule has 0 bridgehead atoms. The third-order valence-electron chi connectivity index (χ3n) is 1.67. The van der Waals surface area contributed by atoms with Gasteiger partial charge in [-0.25, -0.2) is 0 Å². The summed E-state index contributed by atoms with van der Waals surface area (Å²) in [7, 11) is 0. The van der Waals surface area contributed by atoms with E-state index in [0.717, 1.165) is 17.9 Å². The summed E-state index contributed by atoms with van der Waals surface area (Å²) in [5.74, 6) is 0. The number of hydrogen-bond acceptors (Lipinski definition) is 3. The first-order chi connectivity index (χ1) is 5.90. The summed E-state index contributed by atoms with van der Waals surface area (Å²) in [4.78, 5) is 0. The van der Waals surface area contributed by atoms with Gasteiger partial charge in [-0.2, -0.15) is 0 Å². The normalized spacial score (nSPS) is 10.4. The van der Waals surface area contributed by atoms with Gasteiger partial charge in [0.15, 0.2) is 5.65 Å². The molecule has 0 aliphatic rings. The van der Waals surface area contributed by atoms with E-state index in [0.29, 0.717) is 0 Å². The first-order valence-corrected chi connectivity index (χ1v) is 3.93. The van der Waals surface area contributed by atoms with Gasteiger partial charge in [-0.05, 0) is 19.1 Å². The van der Waals surface area contributed by atoms with Gasteiger partial charge < -0.3 is 5.32 Å². The van der Waals surface area contributed by atoms with Gasteiger partial charge in [0, 0.05) is 12.7 Å². The molecule has 0 fully saturated rings. The minimum atomic E-state index is 0.872. The molecular weight excluding hydrogens is 152 g/mol. The fourth-order valence-electron chi connectivity index (χ4n) is 1.14. The maximum atomic E-state index is 3.91. The van der Waals surface area contributed by atoms with Crippen LogP contribution >= 0.6 is 0 Å². The monoisotopic (exact) mass is 162 g/mol. The lowest BCUT2D eigenvalue weighted by Crippen LogP contribution is -1.97. The second-order valence-electron chi connectivity index (χ2n) is 2.54. The standard InChI is InChI=1S/C8H10N4/c1-2-9-7-3-4-8-11-10-6-12(8)5-7/h3-6,9H,2H2,1H3. The number of aromatic nitrogens is 3. The van der Waals surface area contributed by atoms with Gasteiger partial charge in [0.05, 0.1) is 5.69 Å². The van der Waals surface area contributed by atoms with Gasteiger partial charge in [-0.1, -0.05) is 0 Å². The van der Waals surface area contributed by atoms with Crippen LogP contribution in [0.3, 0.4) is 0 Å². The van der Waals surface area contributed by atoms with Crippen LogP contribution < -0.4 is 5.32 Å². The molecule has 4 heteroatoms. The molecule has 0 saturated carbocycles. The molecule has 4 nitrogen and oxygen atoms in total. The first kappa shape index (κ1) is 7.09. The highest BCUT2D eigenvalue weighted by molar-refractivity contribution is 5.48. The molecular formula is C8H10N4. The second-order valence-corrected chi connectivity index (χ2v) is 2.54. The van der Waals surface area contributed by atoms with Crippen molar-refractivity contribution in [2.45, 2.75) is 6.92 Å². The zero-order valence-corrected chi connectivity index (χ0v) is 6.86. The molecule has 12 heavy (non-hydrogen) atoms. The van der Waals surface area contributed by atoms with Crippen LogP contribution in [-0.2, 0) is 0 Å². The summed E-state index contributed by atoms with van der Waals surface area (Å²) < 4.78 is 1.89. The minimum absolute atomic E-state index is 0.872. The van der Waals surface area contributed by atoms with Crippen LogP contribution in [0.4, 0.5) is 5.69 Å². The van der Waals surface area contributed by atoms with Gasteiger partial charge in [0.25, 0.3) is 0 Å². The third kappa shape index (κ3) is 1.11. The quantitative estimate of drug-likeness (QED) is 0.720. The summed E-state index contributed by atoms with van der Waals surface area (Å²) in [6.45, 7) is 2.99. The van der Waals surface area contributed by atoms with Crippen LogP contribution in [0.15, 0.2) is 24.7 Å². The Bertz CT molecular complexity index is 379. The minimum Gasteiger partial charge on any atom is -0.384 e. The van der Waals surface area contributed by atoms with Crippen LogP contribution in [0.5, 0.6) is 0 Å². The Morgan fingerprint density at radius 3 is 3.25 bits per heavy atom. The summed E-state index contributed by atoms with van der Waals surface area (Å²) in [5.41, 5.74) is 1.96. The molecule has 2 aromatic heterocycles. The highest BCUT2D eigenvalue weighted by Gasteiger charge is 1.94. The largest absolute Gasteiger partial charge is 0.384 e. The molecule has 0 atom stereocenters. The first-order valence-electron chi connectivity index (χ1n) is 3.93. The van der Waals surface area contributed by atoms with Crippen LogP contribution in [0.1, 0.15) is 6.92 Å². The molecule has 0 spiro atoms. The summed E-state index contributed by atoms with van der Waals surface area (Å²) in [5, 5.41) is 10.9. The van der Waals surface area contributed by atoms with Crippen LogP contribution in [0.25, 0.3) is 5.65 Å². The van der Waals surface area contributed by atoms with E-state index >= 15 is 0 Å². The molecule has 0 aliphatic carbocycles. The Hall–Kier alpha value is -1.58. The molecule has 0 unspecified atom stereocenters. The van der Waals surface area contributed by atoms with Gasteiger partial charge in [-0.3, -0.25) is 4.40 Å². The number of pyridine rings is 1. The van der Waals surface area contributed by atoms with Crippen molar-refractivity contribution in [2.24, 2.45) is 0 Å². The lowest BCUT2D eigenvalue weighted by atomic mass is 10.4. The van der Waals surface area contributed by atoms with Crippen molar-refractivity contribution in [3.63, 3.8) is 0 Å². The smallest absolute Gasteiger partial charge is 0.160 e. The number of nitrogens with zero attached hydrogens (tertiary/aromatic N) is 3.